The number of benzene rings is 1. The van der Waals surface area contributed by atoms with E-state index in [1.165, 1.54) is 11.3 Å². The summed E-state index contributed by atoms with van der Waals surface area (Å²) in [6.07, 6.45) is 0.733. The molecule has 1 aromatic carbocycles. The smallest absolute Gasteiger partial charge is 0.263 e. The second-order valence-electron chi connectivity index (χ2n) is 4.66. The average Bonchev–Trinajstić information content (AvgIpc) is 2.73. The highest BCUT2D eigenvalue weighted by atomic mass is 35.5. The van der Waals surface area contributed by atoms with Gasteiger partial charge in [0.25, 0.3) is 5.91 Å². The first-order valence-electron chi connectivity index (χ1n) is 6.31. The van der Waals surface area contributed by atoms with Gasteiger partial charge in [0.15, 0.2) is 0 Å². The summed E-state index contributed by atoms with van der Waals surface area (Å²) < 4.78 is 5.79. The molecule has 2 aromatic rings. The third kappa shape index (κ3) is 3.82. The summed E-state index contributed by atoms with van der Waals surface area (Å²) in [6.45, 7) is 2.50. The number of methoxy groups -OCH3 is 1. The van der Waals surface area contributed by atoms with Gasteiger partial charge in [-0.1, -0.05) is 34.8 Å². The second-order valence-corrected chi connectivity index (χ2v) is 6.94. The van der Waals surface area contributed by atoms with Crippen LogP contribution in [0.5, 0.6) is 0 Å². The number of hydrogen-bond acceptors (Lipinski definition) is 3. The number of carbonyl (C=O) groups excluding carboxylic acids is 1. The molecule has 0 aliphatic rings. The van der Waals surface area contributed by atoms with E-state index in [1.54, 1.807) is 19.2 Å². The number of hydrogen-bond donors (Lipinski definition) is 1. The second kappa shape index (κ2) is 7.16. The Kier molecular flexibility index (Phi) is 5.74. The van der Waals surface area contributed by atoms with Crippen LogP contribution in [0.15, 0.2) is 12.1 Å². The molecule has 0 saturated heterocycles. The van der Waals surface area contributed by atoms with Gasteiger partial charge in [0.05, 0.1) is 10.0 Å². The van der Waals surface area contributed by atoms with Crippen molar-refractivity contribution in [2.75, 3.05) is 13.7 Å². The first-order chi connectivity index (χ1) is 9.93. The minimum atomic E-state index is -0.211. The van der Waals surface area contributed by atoms with Crippen LogP contribution >= 0.6 is 46.1 Å². The van der Waals surface area contributed by atoms with E-state index < -0.39 is 0 Å². The lowest BCUT2D eigenvalue weighted by Gasteiger charge is -2.12. The zero-order chi connectivity index (χ0) is 15.6. The molecule has 1 unspecified atom stereocenters. The fraction of sp³-hybridized carbons (Fsp3) is 0.357. The van der Waals surface area contributed by atoms with Crippen LogP contribution in [0, 0.1) is 0 Å². The number of amides is 1. The van der Waals surface area contributed by atoms with Crippen molar-refractivity contribution in [1.29, 1.82) is 0 Å². The van der Waals surface area contributed by atoms with Crippen molar-refractivity contribution in [3.63, 3.8) is 0 Å². The van der Waals surface area contributed by atoms with Gasteiger partial charge in [0.1, 0.15) is 4.88 Å². The van der Waals surface area contributed by atoms with E-state index in [9.17, 15) is 4.79 Å². The van der Waals surface area contributed by atoms with E-state index >= 15 is 0 Å². The number of thiophene rings is 1. The number of rotatable bonds is 5. The monoisotopic (exact) mass is 365 g/mol. The molecule has 2 rings (SSSR count). The Morgan fingerprint density at radius 3 is 2.76 bits per heavy atom. The Morgan fingerprint density at radius 1 is 1.38 bits per heavy atom. The fourth-order valence-electron chi connectivity index (χ4n) is 1.91. The maximum Gasteiger partial charge on any atom is 0.263 e. The molecule has 0 aliphatic carbocycles. The molecule has 1 aromatic heterocycles. The highest BCUT2D eigenvalue weighted by molar-refractivity contribution is 7.21. The molecule has 21 heavy (non-hydrogen) atoms. The number of ether oxygens (including phenoxy) is 1. The standard InChI is InChI=1S/C14H14Cl3NO2S/c1-7(3-4-20-2)18-14(19)13-12(17)11-9(16)5-8(15)6-10(11)21-13/h5-7H,3-4H2,1-2H3,(H,18,19). The Morgan fingerprint density at radius 2 is 2.10 bits per heavy atom. The van der Waals surface area contributed by atoms with Gasteiger partial charge in [-0.15, -0.1) is 11.3 Å². The summed E-state index contributed by atoms with van der Waals surface area (Å²) in [4.78, 5) is 12.7. The third-order valence-corrected chi connectivity index (χ3v) is 5.13. The lowest BCUT2D eigenvalue weighted by Crippen LogP contribution is -2.32. The summed E-state index contributed by atoms with van der Waals surface area (Å²) in [6, 6.07) is 3.37. The van der Waals surface area contributed by atoms with Crippen molar-refractivity contribution in [2.24, 2.45) is 0 Å². The lowest BCUT2D eigenvalue weighted by molar-refractivity contribution is 0.0934. The molecular formula is C14H14Cl3NO2S. The van der Waals surface area contributed by atoms with Gasteiger partial charge in [-0.25, -0.2) is 0 Å². The van der Waals surface area contributed by atoms with Gasteiger partial charge in [0.2, 0.25) is 0 Å². The molecule has 0 fully saturated rings. The predicted molar refractivity (Wildman–Crippen MR) is 90.3 cm³/mol. The van der Waals surface area contributed by atoms with Crippen molar-refractivity contribution < 1.29 is 9.53 Å². The first-order valence-corrected chi connectivity index (χ1v) is 8.26. The number of halogens is 3. The van der Waals surface area contributed by atoms with Crippen LogP contribution in [0.4, 0.5) is 0 Å². The Balaban J connectivity index is 2.28. The third-order valence-electron chi connectivity index (χ3n) is 2.99. The fourth-order valence-corrected chi connectivity index (χ4v) is 4.20. The van der Waals surface area contributed by atoms with Crippen LogP contribution in [-0.2, 0) is 4.74 Å². The highest BCUT2D eigenvalue weighted by Crippen LogP contribution is 2.41. The summed E-state index contributed by atoms with van der Waals surface area (Å²) in [5, 5.41) is 4.90. The predicted octanol–water partition coefficient (Wildman–Crippen LogP) is 5.02. The van der Waals surface area contributed by atoms with Gasteiger partial charge in [-0.2, -0.15) is 0 Å². The molecular weight excluding hydrogens is 353 g/mol. The molecule has 0 bridgehead atoms. The van der Waals surface area contributed by atoms with Crippen molar-refractivity contribution in [3.8, 4) is 0 Å². The van der Waals surface area contributed by atoms with Gasteiger partial charge in [-0.3, -0.25) is 4.79 Å². The molecule has 1 N–H and O–H groups in total. The van der Waals surface area contributed by atoms with Crippen LogP contribution in [0.2, 0.25) is 15.1 Å². The molecule has 1 heterocycles. The molecule has 7 heteroatoms. The minimum absolute atomic E-state index is 0.00205. The van der Waals surface area contributed by atoms with E-state index in [-0.39, 0.29) is 11.9 Å². The van der Waals surface area contributed by atoms with Crippen LogP contribution in [-0.4, -0.2) is 25.7 Å². The van der Waals surface area contributed by atoms with Gasteiger partial charge in [0, 0.05) is 34.9 Å². The summed E-state index contributed by atoms with van der Waals surface area (Å²) in [5.74, 6) is -0.211. The maximum atomic E-state index is 12.3. The van der Waals surface area contributed by atoms with Gasteiger partial charge >= 0.3 is 0 Å². The van der Waals surface area contributed by atoms with Crippen LogP contribution < -0.4 is 5.32 Å². The summed E-state index contributed by atoms with van der Waals surface area (Å²) in [5.41, 5.74) is 0. The van der Waals surface area contributed by atoms with Gasteiger partial charge < -0.3 is 10.1 Å². The van der Waals surface area contributed by atoms with Gasteiger partial charge in [-0.05, 0) is 25.5 Å². The van der Waals surface area contributed by atoms with E-state index in [0.29, 0.717) is 31.9 Å². The molecule has 1 atom stereocenters. The quantitative estimate of drug-likeness (QED) is 0.807. The Labute approximate surface area is 142 Å². The first kappa shape index (κ1) is 16.8. The van der Waals surface area contributed by atoms with Crippen molar-refractivity contribution in [2.45, 2.75) is 19.4 Å². The lowest BCUT2D eigenvalue weighted by atomic mass is 10.2. The molecule has 114 valence electrons. The van der Waals surface area contributed by atoms with Crippen LogP contribution in [0.3, 0.4) is 0 Å². The number of carbonyl (C=O) groups is 1. The molecule has 0 radical (unpaired) electrons. The highest BCUT2D eigenvalue weighted by Gasteiger charge is 2.20. The average molecular weight is 367 g/mol. The Bertz CT molecular complexity index is 672. The van der Waals surface area contributed by atoms with E-state index in [1.807, 2.05) is 6.92 Å². The molecule has 1 amide bonds. The van der Waals surface area contributed by atoms with Crippen LogP contribution in [0.1, 0.15) is 23.0 Å². The zero-order valence-electron chi connectivity index (χ0n) is 11.5. The summed E-state index contributed by atoms with van der Waals surface area (Å²) in [7, 11) is 1.63. The number of fused-ring (bicyclic) bond motifs is 1. The van der Waals surface area contributed by atoms with E-state index in [2.05, 4.69) is 5.32 Å². The zero-order valence-corrected chi connectivity index (χ0v) is 14.6. The largest absolute Gasteiger partial charge is 0.385 e. The molecule has 0 aliphatic heterocycles. The molecule has 3 nitrogen and oxygen atoms in total. The van der Waals surface area contributed by atoms with Crippen LogP contribution in [0.25, 0.3) is 10.1 Å². The van der Waals surface area contributed by atoms with Crippen molar-refractivity contribution in [3.05, 3.63) is 32.1 Å². The van der Waals surface area contributed by atoms with Crippen molar-refractivity contribution >= 4 is 62.1 Å². The normalized spacial score (nSPS) is 12.6. The molecule has 0 spiro atoms. The van der Waals surface area contributed by atoms with E-state index in [4.69, 9.17) is 39.5 Å². The maximum absolute atomic E-state index is 12.3. The number of nitrogens with one attached hydrogen (secondary N) is 1. The Hall–Kier alpha value is -0.520. The van der Waals surface area contributed by atoms with E-state index in [0.717, 1.165) is 11.1 Å². The SMILES string of the molecule is COCCC(C)NC(=O)c1sc2cc(Cl)cc(Cl)c2c1Cl. The molecule has 0 saturated carbocycles. The minimum Gasteiger partial charge on any atom is -0.385 e. The summed E-state index contributed by atoms with van der Waals surface area (Å²) >= 11 is 19.7. The topological polar surface area (TPSA) is 38.3 Å². The van der Waals surface area contributed by atoms with Crippen molar-refractivity contribution in [1.82, 2.24) is 5.32 Å².